The van der Waals surface area contributed by atoms with Gasteiger partial charge in [-0.3, -0.25) is 9.59 Å². The van der Waals surface area contributed by atoms with Crippen molar-refractivity contribution in [1.29, 1.82) is 0 Å². The molecule has 0 aliphatic heterocycles. The van der Waals surface area contributed by atoms with E-state index in [4.69, 9.17) is 9.47 Å². The summed E-state index contributed by atoms with van der Waals surface area (Å²) in [6.45, 7) is 3.33. The first-order valence-electron chi connectivity index (χ1n) is 8.62. The molecule has 0 bridgehead atoms. The van der Waals surface area contributed by atoms with E-state index in [0.29, 0.717) is 17.2 Å². The number of methoxy groups -OCH3 is 1. The molecule has 1 atom stereocenters. The number of rotatable bonds is 7. The maximum absolute atomic E-state index is 12.5. The number of carbonyl (C=O) groups is 3. The molecule has 0 radical (unpaired) electrons. The largest absolute Gasteiger partial charge is 0.497 e. The molecule has 0 aliphatic rings. The van der Waals surface area contributed by atoms with Gasteiger partial charge in [0.15, 0.2) is 6.10 Å². The molecule has 3 rings (SSSR count). The van der Waals surface area contributed by atoms with Gasteiger partial charge in [-0.05, 0) is 37.3 Å². The lowest BCUT2D eigenvalue weighted by atomic mass is 10.2. The number of hydrogen-bond donors (Lipinski definition) is 2. The van der Waals surface area contributed by atoms with Gasteiger partial charge in [0.05, 0.1) is 18.5 Å². The van der Waals surface area contributed by atoms with E-state index in [2.05, 4.69) is 10.3 Å². The lowest BCUT2D eigenvalue weighted by Crippen LogP contribution is -2.24. The normalized spacial score (nSPS) is 11.8. The zero-order valence-electron chi connectivity index (χ0n) is 15.7. The molecular formula is C20H20N2O5S. The van der Waals surface area contributed by atoms with Crippen molar-refractivity contribution < 1.29 is 23.9 Å². The second kappa shape index (κ2) is 8.26. The van der Waals surface area contributed by atoms with Crippen molar-refractivity contribution >= 4 is 39.9 Å². The molecular weight excluding hydrogens is 380 g/mol. The summed E-state index contributed by atoms with van der Waals surface area (Å²) in [7, 11) is 1.57. The first-order valence-corrected chi connectivity index (χ1v) is 9.44. The maximum atomic E-state index is 12.5. The predicted molar refractivity (Wildman–Crippen MR) is 106 cm³/mol. The molecule has 146 valence electrons. The Balaban J connectivity index is 1.66. The summed E-state index contributed by atoms with van der Waals surface area (Å²) >= 11 is 1.26. The van der Waals surface area contributed by atoms with Crippen LogP contribution < -0.4 is 10.1 Å². The molecule has 1 amide bonds. The maximum Gasteiger partial charge on any atom is 0.355 e. The number of hydrogen-bond acceptors (Lipinski definition) is 6. The summed E-state index contributed by atoms with van der Waals surface area (Å²) in [6.07, 6.45) is -0.930. The molecule has 0 spiro atoms. The molecule has 3 aromatic rings. The van der Waals surface area contributed by atoms with Crippen LogP contribution in [0.1, 0.15) is 38.9 Å². The third-order valence-corrected chi connectivity index (χ3v) is 5.22. The van der Waals surface area contributed by atoms with Gasteiger partial charge in [-0.2, -0.15) is 0 Å². The van der Waals surface area contributed by atoms with Crippen LogP contribution in [0, 0.1) is 0 Å². The van der Waals surface area contributed by atoms with Gasteiger partial charge in [0, 0.05) is 28.8 Å². The molecule has 1 unspecified atom stereocenters. The quantitative estimate of drug-likeness (QED) is 0.468. The van der Waals surface area contributed by atoms with E-state index in [1.807, 2.05) is 6.07 Å². The number of nitrogens with one attached hydrogen (secondary N) is 2. The predicted octanol–water partition coefficient (Wildman–Crippen LogP) is 3.30. The van der Waals surface area contributed by atoms with Crippen molar-refractivity contribution in [2.75, 3.05) is 7.11 Å². The van der Waals surface area contributed by atoms with Crippen LogP contribution >= 0.6 is 11.3 Å². The smallest absolute Gasteiger partial charge is 0.355 e. The third kappa shape index (κ3) is 4.40. The van der Waals surface area contributed by atoms with Crippen LogP contribution in [-0.4, -0.2) is 35.9 Å². The third-order valence-electron chi connectivity index (χ3n) is 4.12. The van der Waals surface area contributed by atoms with Crippen molar-refractivity contribution in [2.24, 2.45) is 0 Å². The van der Waals surface area contributed by atoms with Crippen LogP contribution in [-0.2, 0) is 16.1 Å². The highest BCUT2D eigenvalue weighted by Gasteiger charge is 2.23. The molecule has 28 heavy (non-hydrogen) atoms. The summed E-state index contributed by atoms with van der Waals surface area (Å²) in [5.41, 5.74) is 1.01. The number of thiophene rings is 1. The highest BCUT2D eigenvalue weighted by molar-refractivity contribution is 7.14. The monoisotopic (exact) mass is 400 g/mol. The number of ether oxygens (including phenoxy) is 2. The number of esters is 1. The number of benzene rings is 1. The number of ketones is 1. The van der Waals surface area contributed by atoms with Crippen LogP contribution in [0.3, 0.4) is 0 Å². The minimum absolute atomic E-state index is 0.139. The van der Waals surface area contributed by atoms with E-state index in [0.717, 1.165) is 15.8 Å². The van der Waals surface area contributed by atoms with Gasteiger partial charge in [-0.25, -0.2) is 4.79 Å². The van der Waals surface area contributed by atoms with Gasteiger partial charge in [0.25, 0.3) is 0 Å². The highest BCUT2D eigenvalue weighted by Crippen LogP contribution is 2.23. The molecule has 2 heterocycles. The average molecular weight is 400 g/mol. The van der Waals surface area contributed by atoms with Crippen LogP contribution in [0.25, 0.3) is 10.9 Å². The van der Waals surface area contributed by atoms with Crippen molar-refractivity contribution in [3.63, 3.8) is 0 Å². The van der Waals surface area contributed by atoms with E-state index in [9.17, 15) is 14.4 Å². The van der Waals surface area contributed by atoms with Gasteiger partial charge in [0.2, 0.25) is 11.7 Å². The van der Waals surface area contributed by atoms with Gasteiger partial charge in [-0.1, -0.05) is 0 Å². The van der Waals surface area contributed by atoms with E-state index in [1.165, 1.54) is 18.3 Å². The summed E-state index contributed by atoms with van der Waals surface area (Å²) in [5.74, 6) is -0.360. The fourth-order valence-corrected chi connectivity index (χ4v) is 3.60. The first kappa shape index (κ1) is 19.6. The Morgan fingerprint density at radius 2 is 1.96 bits per heavy atom. The van der Waals surface area contributed by atoms with Gasteiger partial charge < -0.3 is 19.8 Å². The number of H-pyrrole nitrogens is 1. The van der Waals surface area contributed by atoms with Gasteiger partial charge in [0.1, 0.15) is 11.4 Å². The second-order valence-corrected chi connectivity index (χ2v) is 7.39. The average Bonchev–Trinajstić information content (AvgIpc) is 3.31. The molecule has 8 heteroatoms. The fraction of sp³-hybridized carbons (Fsp3) is 0.250. The van der Waals surface area contributed by atoms with Crippen molar-refractivity contribution in [3.8, 4) is 5.75 Å². The molecule has 1 aromatic carbocycles. The molecule has 7 nitrogen and oxygen atoms in total. The van der Waals surface area contributed by atoms with E-state index < -0.39 is 12.1 Å². The number of aromatic amines is 1. The lowest BCUT2D eigenvalue weighted by Gasteiger charge is -2.10. The Hall–Kier alpha value is -3.13. The van der Waals surface area contributed by atoms with E-state index in [-0.39, 0.29) is 17.4 Å². The van der Waals surface area contributed by atoms with Crippen LogP contribution in [0.5, 0.6) is 5.75 Å². The van der Waals surface area contributed by atoms with Gasteiger partial charge in [-0.15, -0.1) is 11.3 Å². The topological polar surface area (TPSA) is 97.5 Å². The zero-order chi connectivity index (χ0) is 20.3. The molecule has 0 aliphatic carbocycles. The Kier molecular flexibility index (Phi) is 5.79. The number of aromatic nitrogens is 1. The molecule has 2 N–H and O–H groups in total. The van der Waals surface area contributed by atoms with Crippen molar-refractivity contribution in [2.45, 2.75) is 26.5 Å². The number of amides is 1. The highest BCUT2D eigenvalue weighted by atomic mass is 32.1. The lowest BCUT2D eigenvalue weighted by molar-refractivity contribution is -0.119. The number of fused-ring (bicyclic) bond motifs is 1. The zero-order valence-corrected chi connectivity index (χ0v) is 16.5. The van der Waals surface area contributed by atoms with E-state index >= 15 is 0 Å². The summed E-state index contributed by atoms with van der Waals surface area (Å²) in [4.78, 5) is 40.2. The molecule has 0 saturated heterocycles. The molecule has 0 saturated carbocycles. The summed E-state index contributed by atoms with van der Waals surface area (Å²) in [5, 5.41) is 3.52. The molecule has 0 fully saturated rings. The summed E-state index contributed by atoms with van der Waals surface area (Å²) in [6, 6.07) is 10.5. The minimum Gasteiger partial charge on any atom is -0.497 e. The minimum atomic E-state index is -0.930. The number of carbonyl (C=O) groups excluding carboxylic acids is 3. The Bertz CT molecular complexity index is 1040. The van der Waals surface area contributed by atoms with Crippen molar-refractivity contribution in [3.05, 3.63) is 51.8 Å². The second-order valence-electron chi connectivity index (χ2n) is 6.22. The summed E-state index contributed by atoms with van der Waals surface area (Å²) < 4.78 is 10.5. The number of Topliss-reactive ketones (excluding diaryl/α,β-unsaturated/α-hetero) is 1. The van der Waals surface area contributed by atoms with Gasteiger partial charge >= 0.3 is 5.97 Å². The van der Waals surface area contributed by atoms with Crippen LogP contribution in [0.2, 0.25) is 0 Å². The Morgan fingerprint density at radius 3 is 2.68 bits per heavy atom. The first-order chi connectivity index (χ1) is 13.4. The van der Waals surface area contributed by atoms with Crippen molar-refractivity contribution in [1.82, 2.24) is 10.3 Å². The molecule has 2 aromatic heterocycles. The fourth-order valence-electron chi connectivity index (χ4n) is 2.64. The van der Waals surface area contributed by atoms with Crippen LogP contribution in [0.15, 0.2) is 36.4 Å². The SMILES string of the molecule is COc1ccc2cc(C(=O)OC(C)C(=O)c3ccc(CNC(C)=O)s3)[nH]c2c1. The Morgan fingerprint density at radius 1 is 1.18 bits per heavy atom. The van der Waals surface area contributed by atoms with Crippen LogP contribution in [0.4, 0.5) is 0 Å². The Labute approximate surface area is 165 Å². The standard InChI is InChI=1S/C20H20N2O5S/c1-11(19(24)18-7-6-15(28-18)10-21-12(2)23)27-20(25)17-8-13-4-5-14(26-3)9-16(13)22-17/h4-9,11,22H,10H2,1-3H3,(H,21,23). The van der Waals surface area contributed by atoms with E-state index in [1.54, 1.807) is 44.4 Å².